The smallest absolute Gasteiger partial charge is 0.359 e. The van der Waals surface area contributed by atoms with Crippen molar-refractivity contribution >= 4 is 11.6 Å². The molecule has 17 heavy (non-hydrogen) atoms. The fourth-order valence-electron chi connectivity index (χ4n) is 1.06. The molecule has 0 aliphatic carbocycles. The number of para-hydroxylation sites is 1. The number of hydrogen-bond donors (Lipinski definition) is 1. The Morgan fingerprint density at radius 3 is 2.47 bits per heavy atom. The summed E-state index contributed by atoms with van der Waals surface area (Å²) in [5, 5.41) is 2.45. The first kappa shape index (κ1) is 13.5. The number of ether oxygens (including phenoxy) is 1. The van der Waals surface area contributed by atoms with Crippen molar-refractivity contribution in [3.05, 3.63) is 30.3 Å². The number of alkyl halides is 3. The monoisotopic (exact) mass is 247 g/mol. The second kappa shape index (κ2) is 5.67. The Hall–Kier alpha value is -1.56. The zero-order valence-corrected chi connectivity index (χ0v) is 9.12. The Balaban J connectivity index is 2.43. The highest BCUT2D eigenvalue weighted by Crippen LogP contribution is 2.16. The van der Waals surface area contributed by atoms with E-state index >= 15 is 0 Å². The van der Waals surface area contributed by atoms with E-state index in [2.05, 4.69) is 10.1 Å². The second-order valence-electron chi connectivity index (χ2n) is 3.42. The van der Waals surface area contributed by atoms with Gasteiger partial charge in [-0.1, -0.05) is 18.2 Å². The number of rotatable bonds is 4. The van der Waals surface area contributed by atoms with E-state index in [1.807, 2.05) is 0 Å². The maximum atomic E-state index is 11.8. The van der Waals surface area contributed by atoms with Crippen molar-refractivity contribution in [1.82, 2.24) is 0 Å². The molecule has 1 aromatic carbocycles. The van der Waals surface area contributed by atoms with Gasteiger partial charge >= 0.3 is 6.18 Å². The molecule has 1 aromatic rings. The highest BCUT2D eigenvalue weighted by molar-refractivity contribution is 5.93. The molecule has 1 N–H and O–H groups in total. The van der Waals surface area contributed by atoms with E-state index in [1.54, 1.807) is 30.3 Å². The lowest BCUT2D eigenvalue weighted by Gasteiger charge is -2.14. The fourth-order valence-corrected chi connectivity index (χ4v) is 1.06. The molecule has 6 heteroatoms. The van der Waals surface area contributed by atoms with Crippen molar-refractivity contribution in [3.63, 3.8) is 0 Å². The molecule has 1 rings (SSSR count). The van der Waals surface area contributed by atoms with E-state index in [0.717, 1.165) is 0 Å². The molecule has 3 nitrogen and oxygen atoms in total. The maximum absolute atomic E-state index is 11.8. The molecule has 0 radical (unpaired) electrons. The Labute approximate surface area is 96.6 Å². The average Bonchev–Trinajstić information content (AvgIpc) is 2.26. The molecule has 1 atom stereocenters. The third-order valence-corrected chi connectivity index (χ3v) is 1.91. The summed E-state index contributed by atoms with van der Waals surface area (Å²) in [4.78, 5) is 11.4. The molecule has 0 aliphatic heterocycles. The summed E-state index contributed by atoms with van der Waals surface area (Å²) in [6.07, 6.45) is -5.58. The number of carbonyl (C=O) groups excluding carboxylic acids is 1. The molecule has 0 saturated heterocycles. The fraction of sp³-hybridized carbons (Fsp3) is 0.364. The molecule has 0 heterocycles. The van der Waals surface area contributed by atoms with Crippen LogP contribution in [-0.4, -0.2) is 24.8 Å². The van der Waals surface area contributed by atoms with Crippen LogP contribution in [0.25, 0.3) is 0 Å². The van der Waals surface area contributed by atoms with Crippen LogP contribution in [0.5, 0.6) is 0 Å². The van der Waals surface area contributed by atoms with E-state index in [0.29, 0.717) is 5.69 Å². The van der Waals surface area contributed by atoms with Gasteiger partial charge in [-0.2, -0.15) is 13.2 Å². The molecule has 0 aliphatic rings. The van der Waals surface area contributed by atoms with E-state index in [-0.39, 0.29) is 0 Å². The van der Waals surface area contributed by atoms with E-state index in [4.69, 9.17) is 0 Å². The van der Waals surface area contributed by atoms with Crippen molar-refractivity contribution < 1.29 is 22.7 Å². The number of nitrogens with one attached hydrogen (secondary N) is 1. The van der Waals surface area contributed by atoms with Crippen LogP contribution in [0.4, 0.5) is 18.9 Å². The Morgan fingerprint density at radius 1 is 1.35 bits per heavy atom. The van der Waals surface area contributed by atoms with Crippen molar-refractivity contribution in [2.24, 2.45) is 0 Å². The Bertz CT molecular complexity index is 365. The van der Waals surface area contributed by atoms with Gasteiger partial charge in [0, 0.05) is 5.69 Å². The van der Waals surface area contributed by atoms with Crippen molar-refractivity contribution in [3.8, 4) is 0 Å². The first-order chi connectivity index (χ1) is 7.88. The molecule has 0 aromatic heterocycles. The number of carbonyl (C=O) groups is 1. The van der Waals surface area contributed by atoms with Crippen molar-refractivity contribution in [2.45, 2.75) is 19.2 Å². The molecular formula is C11H12F3NO2. The van der Waals surface area contributed by atoms with Crippen LogP contribution >= 0.6 is 0 Å². The predicted molar refractivity (Wildman–Crippen MR) is 56.5 cm³/mol. The zero-order chi connectivity index (χ0) is 12.9. The average molecular weight is 247 g/mol. The van der Waals surface area contributed by atoms with Gasteiger partial charge in [0.2, 0.25) is 0 Å². The van der Waals surface area contributed by atoms with Crippen LogP contribution in [0, 0.1) is 0 Å². The Kier molecular flexibility index (Phi) is 4.51. The number of amides is 1. The highest BCUT2D eigenvalue weighted by Gasteiger charge is 2.29. The molecule has 0 unspecified atom stereocenters. The predicted octanol–water partition coefficient (Wildman–Crippen LogP) is 2.59. The van der Waals surface area contributed by atoms with Gasteiger partial charge in [0.15, 0.2) is 0 Å². The molecular weight excluding hydrogens is 235 g/mol. The minimum atomic E-state index is -4.43. The van der Waals surface area contributed by atoms with E-state index in [1.165, 1.54) is 6.92 Å². The van der Waals surface area contributed by atoms with Gasteiger partial charge in [-0.25, -0.2) is 0 Å². The zero-order valence-electron chi connectivity index (χ0n) is 9.12. The van der Waals surface area contributed by atoms with Gasteiger partial charge in [-0.05, 0) is 19.1 Å². The lowest BCUT2D eigenvalue weighted by molar-refractivity contribution is -0.184. The van der Waals surface area contributed by atoms with Crippen LogP contribution in [0.1, 0.15) is 6.92 Å². The van der Waals surface area contributed by atoms with Gasteiger partial charge in [-0.15, -0.1) is 0 Å². The van der Waals surface area contributed by atoms with Gasteiger partial charge < -0.3 is 10.1 Å². The minimum absolute atomic E-state index is 0.514. The molecule has 94 valence electrons. The summed E-state index contributed by atoms with van der Waals surface area (Å²) in [5.41, 5.74) is 0.514. The van der Waals surface area contributed by atoms with Crippen LogP contribution in [-0.2, 0) is 9.53 Å². The normalized spacial score (nSPS) is 13.2. The van der Waals surface area contributed by atoms with Crippen molar-refractivity contribution in [1.29, 1.82) is 0 Å². The highest BCUT2D eigenvalue weighted by atomic mass is 19.4. The van der Waals surface area contributed by atoms with E-state index in [9.17, 15) is 18.0 Å². The van der Waals surface area contributed by atoms with Gasteiger partial charge in [0.1, 0.15) is 12.7 Å². The number of halogens is 3. The first-order valence-corrected chi connectivity index (χ1v) is 4.93. The van der Waals surface area contributed by atoms with Crippen LogP contribution in [0.2, 0.25) is 0 Å². The summed E-state index contributed by atoms with van der Waals surface area (Å²) in [7, 11) is 0. The van der Waals surface area contributed by atoms with Gasteiger partial charge in [0.25, 0.3) is 5.91 Å². The molecule has 0 saturated carbocycles. The summed E-state index contributed by atoms with van der Waals surface area (Å²) in [5.74, 6) is -0.611. The standard InChI is InChI=1S/C11H12F3NO2/c1-8(17-7-11(12,13)14)10(16)15-9-5-3-2-4-6-9/h2-6,8H,7H2,1H3,(H,15,16)/t8-/m0/s1. The van der Waals surface area contributed by atoms with Crippen LogP contribution < -0.4 is 5.32 Å². The number of anilines is 1. The summed E-state index contributed by atoms with van der Waals surface area (Å²) >= 11 is 0. The summed E-state index contributed by atoms with van der Waals surface area (Å²) in [6, 6.07) is 8.44. The largest absolute Gasteiger partial charge is 0.411 e. The van der Waals surface area contributed by atoms with Crippen molar-refractivity contribution in [2.75, 3.05) is 11.9 Å². The Morgan fingerprint density at radius 2 is 1.94 bits per heavy atom. The quantitative estimate of drug-likeness (QED) is 0.888. The number of hydrogen-bond acceptors (Lipinski definition) is 2. The topological polar surface area (TPSA) is 38.3 Å². The third-order valence-electron chi connectivity index (χ3n) is 1.91. The molecule has 0 bridgehead atoms. The number of benzene rings is 1. The minimum Gasteiger partial charge on any atom is -0.359 e. The lowest BCUT2D eigenvalue weighted by Crippen LogP contribution is -2.31. The van der Waals surface area contributed by atoms with Crippen LogP contribution in [0.3, 0.4) is 0 Å². The second-order valence-corrected chi connectivity index (χ2v) is 3.42. The lowest BCUT2D eigenvalue weighted by atomic mass is 10.3. The molecule has 0 fully saturated rings. The van der Waals surface area contributed by atoms with Gasteiger partial charge in [-0.3, -0.25) is 4.79 Å². The van der Waals surface area contributed by atoms with Crippen LogP contribution in [0.15, 0.2) is 30.3 Å². The first-order valence-electron chi connectivity index (χ1n) is 4.93. The summed E-state index contributed by atoms with van der Waals surface area (Å²) < 4.78 is 40.0. The molecule has 0 spiro atoms. The molecule has 1 amide bonds. The van der Waals surface area contributed by atoms with Gasteiger partial charge in [0.05, 0.1) is 0 Å². The van der Waals surface area contributed by atoms with E-state index < -0.39 is 24.8 Å². The summed E-state index contributed by atoms with van der Waals surface area (Å²) in [6.45, 7) is -0.166. The maximum Gasteiger partial charge on any atom is 0.411 e. The SMILES string of the molecule is C[C@H](OCC(F)(F)F)C(=O)Nc1ccccc1. The third kappa shape index (κ3) is 5.35.